The maximum Gasteiger partial charge on any atom is 0.408 e. The summed E-state index contributed by atoms with van der Waals surface area (Å²) < 4.78 is 28.2. The quantitative estimate of drug-likeness (QED) is 0.656. The molecule has 0 spiro atoms. The third kappa shape index (κ3) is 6.74. The zero-order valence-corrected chi connectivity index (χ0v) is 8.49. The van der Waals surface area contributed by atoms with E-state index in [2.05, 4.69) is 11.3 Å². The number of alkyl halides is 2. The summed E-state index contributed by atoms with van der Waals surface area (Å²) in [6.07, 6.45) is -3.22. The lowest BCUT2D eigenvalue weighted by Gasteiger charge is -2.13. The molecule has 16 heavy (non-hydrogen) atoms. The molecule has 1 atom stereocenters. The highest BCUT2D eigenvalue weighted by molar-refractivity contribution is 5.79. The number of hydrogen-bond acceptors (Lipinski definition) is 3. The Morgan fingerprint density at radius 2 is 2.06 bits per heavy atom. The van der Waals surface area contributed by atoms with Crippen molar-refractivity contribution in [1.29, 1.82) is 0 Å². The number of rotatable bonds is 7. The van der Waals surface area contributed by atoms with Crippen LogP contribution in [-0.4, -0.2) is 36.2 Å². The molecular formula is C9H13F2NO4. The molecule has 0 radical (unpaired) electrons. The molecule has 1 unspecified atom stereocenters. The van der Waals surface area contributed by atoms with Gasteiger partial charge < -0.3 is 15.2 Å². The number of aliphatic carboxylic acids is 1. The second-order valence-electron chi connectivity index (χ2n) is 2.89. The van der Waals surface area contributed by atoms with E-state index < -0.39 is 31.0 Å². The number of carboxylic acids is 1. The standard InChI is InChI=1S/C9H13F2NO4/c1-2-5-16-9(15)12-6(8(13)14)3-4-7(10)11/h2,6-7H,1,3-5H2,(H,12,15)(H,13,14). The Balaban J connectivity index is 4.07. The fourth-order valence-corrected chi connectivity index (χ4v) is 0.869. The van der Waals surface area contributed by atoms with Crippen molar-refractivity contribution in [3.8, 4) is 0 Å². The van der Waals surface area contributed by atoms with Gasteiger partial charge in [0.2, 0.25) is 6.43 Å². The van der Waals surface area contributed by atoms with Gasteiger partial charge in [-0.05, 0) is 6.42 Å². The SMILES string of the molecule is C=CCOC(=O)NC(CCC(F)F)C(=O)O. The Labute approximate surface area is 91.1 Å². The molecule has 2 N–H and O–H groups in total. The van der Waals surface area contributed by atoms with E-state index in [0.717, 1.165) is 0 Å². The Kier molecular flexibility index (Phi) is 6.82. The van der Waals surface area contributed by atoms with E-state index in [0.29, 0.717) is 0 Å². The van der Waals surface area contributed by atoms with Crippen molar-refractivity contribution in [3.63, 3.8) is 0 Å². The number of carboxylic acid groups (broad SMARTS) is 1. The summed E-state index contributed by atoms with van der Waals surface area (Å²) >= 11 is 0. The number of nitrogens with one attached hydrogen (secondary N) is 1. The monoisotopic (exact) mass is 237 g/mol. The second kappa shape index (κ2) is 7.61. The van der Waals surface area contributed by atoms with E-state index in [1.807, 2.05) is 5.32 Å². The minimum atomic E-state index is -2.60. The molecule has 1 amide bonds. The zero-order chi connectivity index (χ0) is 12.6. The highest BCUT2D eigenvalue weighted by Gasteiger charge is 2.21. The van der Waals surface area contributed by atoms with Crippen molar-refractivity contribution < 1.29 is 28.2 Å². The number of alkyl carbamates (subject to hydrolysis) is 1. The number of carbonyl (C=O) groups is 2. The lowest BCUT2D eigenvalue weighted by atomic mass is 10.1. The van der Waals surface area contributed by atoms with Crippen LogP contribution in [0.4, 0.5) is 13.6 Å². The minimum absolute atomic E-state index is 0.0764. The van der Waals surface area contributed by atoms with Gasteiger partial charge >= 0.3 is 12.1 Å². The van der Waals surface area contributed by atoms with Crippen molar-refractivity contribution in [2.45, 2.75) is 25.3 Å². The molecule has 92 valence electrons. The fraction of sp³-hybridized carbons (Fsp3) is 0.556. The third-order valence-corrected chi connectivity index (χ3v) is 1.60. The normalized spacial score (nSPS) is 11.9. The van der Waals surface area contributed by atoms with Crippen molar-refractivity contribution in [2.75, 3.05) is 6.61 Å². The first-order valence-electron chi connectivity index (χ1n) is 4.52. The van der Waals surface area contributed by atoms with Gasteiger partial charge in [0, 0.05) is 6.42 Å². The van der Waals surface area contributed by atoms with Gasteiger partial charge in [-0.3, -0.25) is 0 Å². The van der Waals surface area contributed by atoms with Gasteiger partial charge in [0.1, 0.15) is 12.6 Å². The molecule has 0 aliphatic carbocycles. The Hall–Kier alpha value is -1.66. The molecule has 0 aromatic heterocycles. The molecule has 7 heteroatoms. The predicted molar refractivity (Wildman–Crippen MR) is 51.3 cm³/mol. The van der Waals surface area contributed by atoms with Crippen LogP contribution in [0.2, 0.25) is 0 Å². The van der Waals surface area contributed by atoms with Crippen molar-refractivity contribution in [3.05, 3.63) is 12.7 Å². The number of amides is 1. The Bertz CT molecular complexity index is 258. The van der Waals surface area contributed by atoms with Gasteiger partial charge in [0.25, 0.3) is 0 Å². The molecule has 0 saturated heterocycles. The molecule has 0 aromatic carbocycles. The molecule has 0 aliphatic rings. The van der Waals surface area contributed by atoms with E-state index in [1.54, 1.807) is 0 Å². The summed E-state index contributed by atoms with van der Waals surface area (Å²) in [4.78, 5) is 21.5. The lowest BCUT2D eigenvalue weighted by molar-refractivity contribution is -0.139. The van der Waals surface area contributed by atoms with Gasteiger partial charge in [-0.25, -0.2) is 18.4 Å². The second-order valence-corrected chi connectivity index (χ2v) is 2.89. The molecular weight excluding hydrogens is 224 g/mol. The smallest absolute Gasteiger partial charge is 0.408 e. The van der Waals surface area contributed by atoms with E-state index in [-0.39, 0.29) is 13.0 Å². The van der Waals surface area contributed by atoms with Gasteiger partial charge in [-0.2, -0.15) is 0 Å². The molecule has 0 aromatic rings. The highest BCUT2D eigenvalue weighted by atomic mass is 19.3. The summed E-state index contributed by atoms with van der Waals surface area (Å²) in [5.74, 6) is -1.38. The number of hydrogen-bond donors (Lipinski definition) is 2. The molecule has 0 rings (SSSR count). The van der Waals surface area contributed by atoms with Crippen LogP contribution in [0.5, 0.6) is 0 Å². The molecule has 0 aliphatic heterocycles. The van der Waals surface area contributed by atoms with E-state index in [9.17, 15) is 18.4 Å². The van der Waals surface area contributed by atoms with Crippen LogP contribution in [0, 0.1) is 0 Å². The van der Waals surface area contributed by atoms with Gasteiger partial charge in [0.05, 0.1) is 0 Å². The first kappa shape index (κ1) is 14.3. The molecule has 0 saturated carbocycles. The predicted octanol–water partition coefficient (Wildman–Crippen LogP) is 1.40. The van der Waals surface area contributed by atoms with Crippen LogP contribution in [0.3, 0.4) is 0 Å². The summed E-state index contributed by atoms with van der Waals surface area (Å²) in [5, 5.41) is 10.6. The molecule has 5 nitrogen and oxygen atoms in total. The van der Waals surface area contributed by atoms with E-state index >= 15 is 0 Å². The third-order valence-electron chi connectivity index (χ3n) is 1.60. The first-order valence-corrected chi connectivity index (χ1v) is 4.52. The lowest BCUT2D eigenvalue weighted by Crippen LogP contribution is -2.41. The number of ether oxygens (including phenoxy) is 1. The average Bonchev–Trinajstić information content (AvgIpc) is 2.20. The van der Waals surface area contributed by atoms with Crippen molar-refractivity contribution in [2.24, 2.45) is 0 Å². The minimum Gasteiger partial charge on any atom is -0.480 e. The number of carbonyl (C=O) groups excluding carboxylic acids is 1. The summed E-state index contributed by atoms with van der Waals surface area (Å²) in [6, 6.07) is -1.37. The van der Waals surface area contributed by atoms with Crippen molar-refractivity contribution >= 4 is 12.1 Å². The molecule has 0 fully saturated rings. The van der Waals surface area contributed by atoms with Gasteiger partial charge in [-0.1, -0.05) is 12.7 Å². The van der Waals surface area contributed by atoms with Crippen LogP contribution < -0.4 is 5.32 Å². The van der Waals surface area contributed by atoms with Gasteiger partial charge in [-0.15, -0.1) is 0 Å². The van der Waals surface area contributed by atoms with Crippen LogP contribution in [0.25, 0.3) is 0 Å². The molecule has 0 heterocycles. The van der Waals surface area contributed by atoms with Crippen LogP contribution in [0.1, 0.15) is 12.8 Å². The van der Waals surface area contributed by atoms with E-state index in [1.165, 1.54) is 6.08 Å². The maximum absolute atomic E-state index is 11.8. The van der Waals surface area contributed by atoms with E-state index in [4.69, 9.17) is 5.11 Å². The largest absolute Gasteiger partial charge is 0.480 e. The highest BCUT2D eigenvalue weighted by Crippen LogP contribution is 2.06. The maximum atomic E-state index is 11.8. The topological polar surface area (TPSA) is 75.6 Å². The summed E-state index contributed by atoms with van der Waals surface area (Å²) in [6.45, 7) is 3.21. The zero-order valence-electron chi connectivity index (χ0n) is 8.49. The fourth-order valence-electron chi connectivity index (χ4n) is 0.869. The first-order chi connectivity index (χ1) is 7.47. The number of halogens is 2. The molecule has 0 bridgehead atoms. The Morgan fingerprint density at radius 3 is 2.50 bits per heavy atom. The Morgan fingerprint density at radius 1 is 1.44 bits per heavy atom. The average molecular weight is 237 g/mol. The van der Waals surface area contributed by atoms with Crippen molar-refractivity contribution in [1.82, 2.24) is 5.32 Å². The summed E-state index contributed by atoms with van der Waals surface area (Å²) in [5.41, 5.74) is 0. The van der Waals surface area contributed by atoms with Crippen LogP contribution >= 0.6 is 0 Å². The summed E-state index contributed by atoms with van der Waals surface area (Å²) in [7, 11) is 0. The van der Waals surface area contributed by atoms with Crippen LogP contribution in [-0.2, 0) is 9.53 Å². The van der Waals surface area contributed by atoms with Gasteiger partial charge in [0.15, 0.2) is 0 Å². The van der Waals surface area contributed by atoms with Crippen LogP contribution in [0.15, 0.2) is 12.7 Å².